The van der Waals surface area contributed by atoms with E-state index < -0.39 is 0 Å². The van der Waals surface area contributed by atoms with Gasteiger partial charge < -0.3 is 10.2 Å². The Morgan fingerprint density at radius 3 is 2.62 bits per heavy atom. The van der Waals surface area contributed by atoms with E-state index in [-0.39, 0.29) is 5.92 Å². The summed E-state index contributed by atoms with van der Waals surface area (Å²) in [7, 11) is 1.93. The highest BCUT2D eigenvalue weighted by molar-refractivity contribution is 5.78. The molecule has 0 aliphatic carbocycles. The summed E-state index contributed by atoms with van der Waals surface area (Å²) in [5.74, 6) is 1.19. The number of carbonyl (C=O) groups is 1. The standard InChI is InChI=1S/C13H26N2O/c1-10(2)7-8-15(4)13(16)12-6-5-11(3)14-9-12/h10-12,14H,5-9H2,1-4H3. The van der Waals surface area contributed by atoms with Crippen LogP contribution in [-0.2, 0) is 4.79 Å². The van der Waals surface area contributed by atoms with Crippen LogP contribution in [-0.4, -0.2) is 37.0 Å². The summed E-state index contributed by atoms with van der Waals surface area (Å²) in [6.07, 6.45) is 3.26. The molecule has 2 atom stereocenters. The minimum Gasteiger partial charge on any atom is -0.345 e. The lowest BCUT2D eigenvalue weighted by Crippen LogP contribution is -2.44. The monoisotopic (exact) mass is 226 g/mol. The van der Waals surface area contributed by atoms with Gasteiger partial charge in [0, 0.05) is 26.2 Å². The number of hydrogen-bond acceptors (Lipinski definition) is 2. The Labute approximate surface area is 99.6 Å². The van der Waals surface area contributed by atoms with Crippen molar-refractivity contribution in [3.8, 4) is 0 Å². The third-order valence-electron chi connectivity index (χ3n) is 3.43. The van der Waals surface area contributed by atoms with Crippen molar-refractivity contribution in [2.45, 2.75) is 46.1 Å². The third-order valence-corrected chi connectivity index (χ3v) is 3.43. The molecule has 0 aromatic rings. The first-order valence-electron chi connectivity index (χ1n) is 6.49. The molecule has 1 aliphatic heterocycles. The van der Waals surface area contributed by atoms with E-state index in [2.05, 4.69) is 26.1 Å². The van der Waals surface area contributed by atoms with Crippen LogP contribution < -0.4 is 5.32 Å². The van der Waals surface area contributed by atoms with Gasteiger partial charge in [0.25, 0.3) is 0 Å². The highest BCUT2D eigenvalue weighted by atomic mass is 16.2. The summed E-state index contributed by atoms with van der Waals surface area (Å²) in [6, 6.07) is 0.574. The predicted molar refractivity (Wildman–Crippen MR) is 67.3 cm³/mol. The van der Waals surface area contributed by atoms with Gasteiger partial charge in [-0.25, -0.2) is 0 Å². The number of nitrogens with zero attached hydrogens (tertiary/aromatic N) is 1. The number of rotatable bonds is 4. The topological polar surface area (TPSA) is 32.3 Å². The molecule has 1 amide bonds. The zero-order valence-corrected chi connectivity index (χ0v) is 11.1. The molecule has 0 bridgehead atoms. The van der Waals surface area contributed by atoms with E-state index in [4.69, 9.17) is 0 Å². The van der Waals surface area contributed by atoms with Gasteiger partial charge in [-0.15, -0.1) is 0 Å². The van der Waals surface area contributed by atoms with Crippen molar-refractivity contribution in [2.75, 3.05) is 20.1 Å². The lowest BCUT2D eigenvalue weighted by atomic mass is 9.94. The van der Waals surface area contributed by atoms with E-state index in [1.165, 1.54) is 0 Å². The van der Waals surface area contributed by atoms with Crippen LogP contribution in [0.5, 0.6) is 0 Å². The van der Waals surface area contributed by atoms with Gasteiger partial charge in [-0.05, 0) is 32.1 Å². The van der Waals surface area contributed by atoms with Gasteiger partial charge in [-0.2, -0.15) is 0 Å². The Balaban J connectivity index is 2.32. The molecule has 1 rings (SSSR count). The Hall–Kier alpha value is -0.570. The molecule has 1 aliphatic rings. The summed E-state index contributed by atoms with van der Waals surface area (Å²) >= 11 is 0. The summed E-state index contributed by atoms with van der Waals surface area (Å²) in [6.45, 7) is 8.32. The largest absolute Gasteiger partial charge is 0.345 e. The number of piperidine rings is 1. The third kappa shape index (κ3) is 4.12. The Morgan fingerprint density at radius 1 is 1.44 bits per heavy atom. The molecule has 0 spiro atoms. The zero-order chi connectivity index (χ0) is 12.1. The minimum absolute atomic E-state index is 0.202. The van der Waals surface area contributed by atoms with Crippen molar-refractivity contribution < 1.29 is 4.79 Å². The summed E-state index contributed by atoms with van der Waals surface area (Å²) in [5, 5.41) is 3.39. The van der Waals surface area contributed by atoms with Gasteiger partial charge in [0.2, 0.25) is 5.91 Å². The first-order chi connectivity index (χ1) is 7.50. The average molecular weight is 226 g/mol. The van der Waals surface area contributed by atoms with Crippen molar-refractivity contribution in [2.24, 2.45) is 11.8 Å². The molecule has 3 nitrogen and oxygen atoms in total. The Morgan fingerprint density at radius 2 is 2.12 bits per heavy atom. The zero-order valence-electron chi connectivity index (χ0n) is 11.1. The van der Waals surface area contributed by atoms with Crippen molar-refractivity contribution in [3.05, 3.63) is 0 Å². The van der Waals surface area contributed by atoms with E-state index >= 15 is 0 Å². The van der Waals surface area contributed by atoms with Gasteiger partial charge in [0.15, 0.2) is 0 Å². The van der Waals surface area contributed by atoms with Crippen molar-refractivity contribution in [1.82, 2.24) is 10.2 Å². The normalized spacial score (nSPS) is 25.8. The fourth-order valence-electron chi connectivity index (χ4n) is 2.08. The Bertz CT molecular complexity index is 220. The maximum absolute atomic E-state index is 12.1. The average Bonchev–Trinajstić information content (AvgIpc) is 2.26. The second kappa shape index (κ2) is 6.24. The van der Waals surface area contributed by atoms with Crippen molar-refractivity contribution in [3.63, 3.8) is 0 Å². The number of nitrogens with one attached hydrogen (secondary N) is 1. The molecular weight excluding hydrogens is 200 g/mol. The quantitative estimate of drug-likeness (QED) is 0.794. The van der Waals surface area contributed by atoms with E-state index in [9.17, 15) is 4.79 Å². The van der Waals surface area contributed by atoms with E-state index in [0.29, 0.717) is 17.9 Å². The maximum atomic E-state index is 12.1. The smallest absolute Gasteiger partial charge is 0.226 e. The molecule has 1 fully saturated rings. The van der Waals surface area contributed by atoms with Gasteiger partial charge in [0.1, 0.15) is 0 Å². The highest BCUT2D eigenvalue weighted by Crippen LogP contribution is 2.16. The fourth-order valence-corrected chi connectivity index (χ4v) is 2.08. The summed E-state index contributed by atoms with van der Waals surface area (Å²) in [4.78, 5) is 14.0. The first kappa shape index (κ1) is 13.5. The van der Waals surface area contributed by atoms with Crippen molar-refractivity contribution >= 4 is 5.91 Å². The number of carbonyl (C=O) groups excluding carboxylic acids is 1. The van der Waals surface area contributed by atoms with Gasteiger partial charge in [-0.1, -0.05) is 13.8 Å². The van der Waals surface area contributed by atoms with Crippen LogP contribution in [0.1, 0.15) is 40.0 Å². The van der Waals surface area contributed by atoms with Crippen molar-refractivity contribution in [1.29, 1.82) is 0 Å². The number of hydrogen-bond donors (Lipinski definition) is 1. The minimum atomic E-state index is 0.202. The molecule has 2 unspecified atom stereocenters. The molecule has 1 saturated heterocycles. The lowest BCUT2D eigenvalue weighted by molar-refractivity contribution is -0.135. The molecule has 16 heavy (non-hydrogen) atoms. The highest BCUT2D eigenvalue weighted by Gasteiger charge is 2.25. The lowest BCUT2D eigenvalue weighted by Gasteiger charge is -2.30. The van der Waals surface area contributed by atoms with Crippen LogP contribution in [0.2, 0.25) is 0 Å². The maximum Gasteiger partial charge on any atom is 0.226 e. The SMILES string of the molecule is CC(C)CCN(C)C(=O)C1CCC(C)NC1. The predicted octanol–water partition coefficient (Wildman–Crippen LogP) is 1.88. The van der Waals surface area contributed by atoms with Crippen LogP contribution in [0.15, 0.2) is 0 Å². The molecule has 1 heterocycles. The van der Waals surface area contributed by atoms with Crippen LogP contribution >= 0.6 is 0 Å². The summed E-state index contributed by atoms with van der Waals surface area (Å²) < 4.78 is 0. The van der Waals surface area contributed by atoms with Gasteiger partial charge in [0.05, 0.1) is 5.92 Å². The molecule has 3 heteroatoms. The molecule has 0 aromatic carbocycles. The summed E-state index contributed by atoms with van der Waals surface area (Å²) in [5.41, 5.74) is 0. The van der Waals surface area contributed by atoms with Gasteiger partial charge in [-0.3, -0.25) is 4.79 Å². The van der Waals surface area contributed by atoms with E-state index in [1.807, 2.05) is 11.9 Å². The number of amides is 1. The van der Waals surface area contributed by atoms with Gasteiger partial charge >= 0.3 is 0 Å². The van der Waals surface area contributed by atoms with Crippen LogP contribution in [0, 0.1) is 11.8 Å². The molecule has 0 aromatic heterocycles. The van der Waals surface area contributed by atoms with E-state index in [0.717, 1.165) is 32.4 Å². The first-order valence-corrected chi connectivity index (χ1v) is 6.49. The van der Waals surface area contributed by atoms with Crippen LogP contribution in [0.3, 0.4) is 0 Å². The second-order valence-corrected chi connectivity index (χ2v) is 5.53. The Kier molecular flexibility index (Phi) is 5.26. The fraction of sp³-hybridized carbons (Fsp3) is 0.923. The molecule has 0 saturated carbocycles. The molecule has 94 valence electrons. The molecular formula is C13H26N2O. The molecule has 0 radical (unpaired) electrons. The van der Waals surface area contributed by atoms with E-state index in [1.54, 1.807) is 0 Å². The van der Waals surface area contributed by atoms with Crippen LogP contribution in [0.4, 0.5) is 0 Å². The molecule has 1 N–H and O–H groups in total. The van der Waals surface area contributed by atoms with Crippen LogP contribution in [0.25, 0.3) is 0 Å². The second-order valence-electron chi connectivity index (χ2n) is 5.53.